The molecule has 0 spiro atoms. The van der Waals surface area contributed by atoms with Crippen LogP contribution in [0.1, 0.15) is 38.1 Å². The first-order valence-electron chi connectivity index (χ1n) is 9.22. The molecule has 0 aliphatic carbocycles. The van der Waals surface area contributed by atoms with E-state index < -0.39 is 38.9 Å². The lowest BCUT2D eigenvalue weighted by molar-refractivity contribution is -0.155. The number of carbonyl (C=O) groups excluding carboxylic acids is 2. The molecule has 0 aliphatic rings. The zero-order chi connectivity index (χ0) is 22.4. The van der Waals surface area contributed by atoms with Gasteiger partial charge in [-0.3, -0.25) is 9.59 Å². The molecule has 29 heavy (non-hydrogen) atoms. The predicted molar refractivity (Wildman–Crippen MR) is 108 cm³/mol. The van der Waals surface area contributed by atoms with Crippen LogP contribution in [-0.4, -0.2) is 76.0 Å². The summed E-state index contributed by atoms with van der Waals surface area (Å²) in [7, 11) is -0.285. The number of sulfonamides is 1. The van der Waals surface area contributed by atoms with Crippen molar-refractivity contribution in [1.82, 2.24) is 14.5 Å². The molecule has 1 aromatic carbocycles. The molecule has 0 unspecified atom stereocenters. The van der Waals surface area contributed by atoms with Crippen molar-refractivity contribution in [3.05, 3.63) is 29.6 Å². The Morgan fingerprint density at radius 2 is 1.79 bits per heavy atom. The second-order valence-corrected chi connectivity index (χ2v) is 9.53. The number of halogens is 1. The Labute approximate surface area is 172 Å². The van der Waals surface area contributed by atoms with Crippen molar-refractivity contribution in [2.75, 3.05) is 40.3 Å². The topological polar surface area (TPSA) is 96.0 Å². The first-order valence-corrected chi connectivity index (χ1v) is 10.7. The third-order valence-electron chi connectivity index (χ3n) is 3.66. The number of carbonyl (C=O) groups is 2. The summed E-state index contributed by atoms with van der Waals surface area (Å²) >= 11 is 0. The Hall–Kier alpha value is -2.04. The summed E-state index contributed by atoms with van der Waals surface area (Å²) in [6, 6.07) is 2.99. The molecular formula is C19H30FN3O5S. The summed E-state index contributed by atoms with van der Waals surface area (Å²) in [5, 5.41) is 0. The molecule has 8 nitrogen and oxygen atoms in total. The van der Waals surface area contributed by atoms with Gasteiger partial charge in [-0.25, -0.2) is 17.5 Å². The van der Waals surface area contributed by atoms with E-state index in [4.69, 9.17) is 4.74 Å². The van der Waals surface area contributed by atoms with E-state index in [9.17, 15) is 22.4 Å². The number of benzene rings is 1. The number of nitrogens with zero attached hydrogens (tertiary/aromatic N) is 2. The van der Waals surface area contributed by atoms with Gasteiger partial charge in [0, 0.05) is 19.6 Å². The molecule has 1 N–H and O–H groups in total. The Morgan fingerprint density at radius 1 is 1.17 bits per heavy atom. The van der Waals surface area contributed by atoms with E-state index in [0.717, 1.165) is 23.1 Å². The number of hydrogen-bond acceptors (Lipinski definition) is 6. The minimum absolute atomic E-state index is 0.134. The predicted octanol–water partition coefficient (Wildman–Crippen LogP) is 1.47. The van der Waals surface area contributed by atoms with E-state index in [1.54, 1.807) is 46.7 Å². The molecule has 0 fully saturated rings. The first kappa shape index (κ1) is 25.0. The Bertz CT molecular complexity index is 835. The van der Waals surface area contributed by atoms with Crippen LogP contribution in [0.4, 0.5) is 4.39 Å². The van der Waals surface area contributed by atoms with Gasteiger partial charge in [-0.15, -0.1) is 0 Å². The van der Waals surface area contributed by atoms with Gasteiger partial charge in [0.05, 0.1) is 10.5 Å². The van der Waals surface area contributed by atoms with Crippen molar-refractivity contribution in [3.63, 3.8) is 0 Å². The Kier molecular flexibility index (Phi) is 8.73. The molecular weight excluding hydrogens is 401 g/mol. The van der Waals surface area contributed by atoms with Gasteiger partial charge in [0.1, 0.15) is 18.0 Å². The molecule has 1 amide bonds. The fourth-order valence-corrected chi connectivity index (χ4v) is 3.45. The highest BCUT2D eigenvalue weighted by molar-refractivity contribution is 7.89. The molecule has 10 heteroatoms. The average Bonchev–Trinajstić information content (AvgIpc) is 2.56. The number of amides is 1. The summed E-state index contributed by atoms with van der Waals surface area (Å²) in [6.45, 7) is 7.03. The molecule has 0 heterocycles. The summed E-state index contributed by atoms with van der Waals surface area (Å²) in [5.41, 5.74) is -1.16. The monoisotopic (exact) mass is 431 g/mol. The van der Waals surface area contributed by atoms with E-state index in [1.165, 1.54) is 0 Å². The van der Waals surface area contributed by atoms with Crippen LogP contribution in [0, 0.1) is 5.82 Å². The van der Waals surface area contributed by atoms with Crippen LogP contribution < -0.4 is 4.72 Å². The minimum Gasteiger partial charge on any atom is -0.459 e. The normalized spacial score (nSPS) is 12.1. The van der Waals surface area contributed by atoms with E-state index in [1.807, 2.05) is 0 Å². The number of rotatable bonds is 9. The lowest BCUT2D eigenvalue weighted by atomic mass is 10.1. The highest BCUT2D eigenvalue weighted by atomic mass is 32.2. The lowest BCUT2D eigenvalue weighted by Crippen LogP contribution is -2.42. The SMILES string of the molecule is CCNS(=O)(=O)c1ccc(F)c(C(=O)N(CCN(C)C)CC(=O)OC(C)(C)C)c1. The van der Waals surface area contributed by atoms with Gasteiger partial charge in [0.25, 0.3) is 5.91 Å². The smallest absolute Gasteiger partial charge is 0.326 e. The van der Waals surface area contributed by atoms with Gasteiger partial charge in [0.2, 0.25) is 10.0 Å². The van der Waals surface area contributed by atoms with Crippen molar-refractivity contribution in [3.8, 4) is 0 Å². The summed E-state index contributed by atoms with van der Waals surface area (Å²) in [4.78, 5) is 27.9. The van der Waals surface area contributed by atoms with Crippen molar-refractivity contribution >= 4 is 21.9 Å². The first-order chi connectivity index (χ1) is 13.3. The second-order valence-electron chi connectivity index (χ2n) is 7.76. The maximum absolute atomic E-state index is 14.4. The summed E-state index contributed by atoms with van der Waals surface area (Å²) in [5.74, 6) is -2.30. The minimum atomic E-state index is -3.87. The van der Waals surface area contributed by atoms with Crippen LogP contribution in [0.5, 0.6) is 0 Å². The highest BCUT2D eigenvalue weighted by Gasteiger charge is 2.26. The summed E-state index contributed by atoms with van der Waals surface area (Å²) < 4.78 is 46.3. The van der Waals surface area contributed by atoms with Crippen molar-refractivity contribution in [2.24, 2.45) is 0 Å². The quantitative estimate of drug-likeness (QED) is 0.595. The molecule has 0 bridgehead atoms. The third-order valence-corrected chi connectivity index (χ3v) is 5.20. The molecule has 0 aliphatic heterocycles. The van der Waals surface area contributed by atoms with Gasteiger partial charge >= 0.3 is 5.97 Å². The van der Waals surface area contributed by atoms with Crippen molar-refractivity contribution in [2.45, 2.75) is 38.2 Å². The third kappa shape index (κ3) is 8.08. The average molecular weight is 432 g/mol. The number of nitrogens with one attached hydrogen (secondary N) is 1. The van der Waals surface area contributed by atoms with Gasteiger partial charge in [-0.2, -0.15) is 0 Å². The van der Waals surface area contributed by atoms with E-state index in [-0.39, 0.29) is 24.5 Å². The number of hydrogen-bond donors (Lipinski definition) is 1. The molecule has 0 atom stereocenters. The number of esters is 1. The zero-order valence-corrected chi connectivity index (χ0v) is 18.6. The zero-order valence-electron chi connectivity index (χ0n) is 17.8. The van der Waals surface area contributed by atoms with Crippen LogP contribution >= 0.6 is 0 Å². The van der Waals surface area contributed by atoms with Gasteiger partial charge in [-0.05, 0) is 53.1 Å². The fraction of sp³-hybridized carbons (Fsp3) is 0.579. The molecule has 1 rings (SSSR count). The summed E-state index contributed by atoms with van der Waals surface area (Å²) in [6.07, 6.45) is 0. The van der Waals surface area contributed by atoms with Crippen molar-refractivity contribution in [1.29, 1.82) is 0 Å². The molecule has 1 aromatic rings. The van der Waals surface area contributed by atoms with Crippen LogP contribution in [0.2, 0.25) is 0 Å². The number of ether oxygens (including phenoxy) is 1. The molecule has 0 radical (unpaired) electrons. The Balaban J connectivity index is 3.22. The van der Waals surface area contributed by atoms with E-state index >= 15 is 0 Å². The van der Waals surface area contributed by atoms with Crippen molar-refractivity contribution < 1.29 is 27.1 Å². The highest BCUT2D eigenvalue weighted by Crippen LogP contribution is 2.18. The fourth-order valence-electron chi connectivity index (χ4n) is 2.38. The Morgan fingerprint density at radius 3 is 2.31 bits per heavy atom. The largest absolute Gasteiger partial charge is 0.459 e. The van der Waals surface area contributed by atoms with Crippen LogP contribution in [0.3, 0.4) is 0 Å². The lowest BCUT2D eigenvalue weighted by Gasteiger charge is -2.26. The van der Waals surface area contributed by atoms with E-state index in [2.05, 4.69) is 4.72 Å². The van der Waals surface area contributed by atoms with Gasteiger partial charge in [0.15, 0.2) is 0 Å². The van der Waals surface area contributed by atoms with Crippen LogP contribution in [0.15, 0.2) is 23.1 Å². The molecule has 164 valence electrons. The van der Waals surface area contributed by atoms with Gasteiger partial charge in [-0.1, -0.05) is 6.92 Å². The molecule has 0 saturated heterocycles. The van der Waals surface area contributed by atoms with Crippen LogP contribution in [-0.2, 0) is 19.6 Å². The van der Waals surface area contributed by atoms with E-state index in [0.29, 0.717) is 6.54 Å². The second kappa shape index (κ2) is 10.1. The van der Waals surface area contributed by atoms with Crippen LogP contribution in [0.25, 0.3) is 0 Å². The van der Waals surface area contributed by atoms with Gasteiger partial charge < -0.3 is 14.5 Å². The maximum Gasteiger partial charge on any atom is 0.326 e. The number of likely N-dealkylation sites (N-methyl/N-ethyl adjacent to an activating group) is 1. The maximum atomic E-state index is 14.4. The molecule has 0 saturated carbocycles. The standard InChI is InChI=1S/C19H30FN3O5S/c1-7-21-29(26,27)14-8-9-16(20)15(12-14)18(25)23(11-10-22(5)6)13-17(24)28-19(2,3)4/h8-9,12,21H,7,10-11,13H2,1-6H3. The molecule has 0 aromatic heterocycles.